The summed E-state index contributed by atoms with van der Waals surface area (Å²) in [5.74, 6) is 0.152. The number of ether oxygens (including phenoxy) is 2. The molecule has 1 fully saturated rings. The van der Waals surface area contributed by atoms with Crippen molar-refractivity contribution in [2.24, 2.45) is 0 Å². The van der Waals surface area contributed by atoms with Gasteiger partial charge in [-0.1, -0.05) is 29.8 Å². The van der Waals surface area contributed by atoms with Crippen molar-refractivity contribution in [2.45, 2.75) is 31.8 Å². The third-order valence-electron chi connectivity index (χ3n) is 5.63. The molecule has 168 valence electrons. The molecule has 0 radical (unpaired) electrons. The summed E-state index contributed by atoms with van der Waals surface area (Å²) >= 11 is 6.01. The lowest BCUT2D eigenvalue weighted by atomic mass is 9.91. The maximum Gasteiger partial charge on any atom is 0.325 e. The van der Waals surface area contributed by atoms with Gasteiger partial charge < -0.3 is 20.1 Å². The van der Waals surface area contributed by atoms with Crippen molar-refractivity contribution in [1.82, 2.24) is 15.5 Å². The summed E-state index contributed by atoms with van der Waals surface area (Å²) in [6.07, 6.45) is 0.757. The molecule has 2 aromatic rings. The fraction of sp³-hybridized carbons (Fsp3) is 0.348. The molecular formula is C23H24ClN3O5. The highest BCUT2D eigenvalue weighted by Gasteiger charge is 2.49. The van der Waals surface area contributed by atoms with Crippen LogP contribution in [0.5, 0.6) is 11.5 Å². The number of amides is 4. The minimum absolute atomic E-state index is 0.338. The van der Waals surface area contributed by atoms with Crippen LogP contribution >= 0.6 is 11.6 Å². The number of nitrogens with zero attached hydrogens (tertiary/aromatic N) is 1. The first-order valence-electron chi connectivity index (χ1n) is 10.4. The number of halogens is 1. The smallest absolute Gasteiger partial charge is 0.325 e. The molecule has 4 amide bonds. The SMILES string of the molecule is C[C@@H](NC(=O)CN1C(=O)N[C@@](C)(c2ccc3c(c2)OCCCO3)C1=O)c1cccc(Cl)c1. The average Bonchev–Trinajstić information content (AvgIpc) is 2.93. The van der Waals surface area contributed by atoms with E-state index < -0.39 is 29.9 Å². The Morgan fingerprint density at radius 1 is 1.19 bits per heavy atom. The molecule has 32 heavy (non-hydrogen) atoms. The molecule has 0 unspecified atom stereocenters. The van der Waals surface area contributed by atoms with Gasteiger partial charge in [0.2, 0.25) is 5.91 Å². The van der Waals surface area contributed by atoms with E-state index in [0.717, 1.165) is 16.9 Å². The van der Waals surface area contributed by atoms with Crippen molar-refractivity contribution >= 4 is 29.4 Å². The van der Waals surface area contributed by atoms with Gasteiger partial charge in [-0.3, -0.25) is 14.5 Å². The number of rotatable bonds is 5. The number of urea groups is 1. The molecule has 2 atom stereocenters. The maximum atomic E-state index is 13.2. The first-order chi connectivity index (χ1) is 15.3. The fourth-order valence-corrected chi connectivity index (χ4v) is 4.00. The van der Waals surface area contributed by atoms with E-state index in [2.05, 4.69) is 10.6 Å². The van der Waals surface area contributed by atoms with E-state index in [1.165, 1.54) is 0 Å². The van der Waals surface area contributed by atoms with Gasteiger partial charge in [0.05, 0.1) is 19.3 Å². The molecule has 0 aromatic heterocycles. The summed E-state index contributed by atoms with van der Waals surface area (Å²) in [6, 6.07) is 11.3. The molecule has 2 aromatic carbocycles. The Kier molecular flexibility index (Phi) is 5.97. The van der Waals surface area contributed by atoms with Crippen LogP contribution in [0.15, 0.2) is 42.5 Å². The zero-order chi connectivity index (χ0) is 22.9. The van der Waals surface area contributed by atoms with Gasteiger partial charge in [-0.15, -0.1) is 0 Å². The van der Waals surface area contributed by atoms with Crippen LogP contribution in [0.2, 0.25) is 5.02 Å². The molecule has 2 N–H and O–H groups in total. The number of hydrogen-bond donors (Lipinski definition) is 2. The second kappa shape index (κ2) is 8.70. The summed E-state index contributed by atoms with van der Waals surface area (Å²) in [6.45, 7) is 4.08. The lowest BCUT2D eigenvalue weighted by Crippen LogP contribution is -2.43. The van der Waals surface area contributed by atoms with E-state index in [0.29, 0.717) is 35.3 Å². The molecule has 0 spiro atoms. The maximum absolute atomic E-state index is 13.2. The molecule has 0 saturated carbocycles. The molecule has 0 aliphatic carbocycles. The predicted molar refractivity (Wildman–Crippen MR) is 118 cm³/mol. The molecule has 2 aliphatic rings. The number of carbonyl (C=O) groups excluding carboxylic acids is 3. The summed E-state index contributed by atoms with van der Waals surface area (Å²) in [4.78, 5) is 39.3. The topological polar surface area (TPSA) is 97.0 Å². The van der Waals surface area contributed by atoms with Crippen molar-refractivity contribution in [1.29, 1.82) is 0 Å². The quantitative estimate of drug-likeness (QED) is 0.672. The number of nitrogens with one attached hydrogen (secondary N) is 2. The van der Waals surface area contributed by atoms with E-state index in [-0.39, 0.29) is 6.04 Å². The average molecular weight is 458 g/mol. The second-order valence-electron chi connectivity index (χ2n) is 8.00. The number of carbonyl (C=O) groups is 3. The molecule has 8 nitrogen and oxygen atoms in total. The van der Waals surface area contributed by atoms with Crippen molar-refractivity contribution < 1.29 is 23.9 Å². The van der Waals surface area contributed by atoms with Crippen LogP contribution in [0.4, 0.5) is 4.79 Å². The molecule has 2 aliphatic heterocycles. The highest BCUT2D eigenvalue weighted by atomic mass is 35.5. The molecule has 4 rings (SSSR count). The van der Waals surface area contributed by atoms with Gasteiger partial charge >= 0.3 is 6.03 Å². The minimum Gasteiger partial charge on any atom is -0.490 e. The van der Waals surface area contributed by atoms with Crippen LogP contribution in [0, 0.1) is 0 Å². The monoisotopic (exact) mass is 457 g/mol. The Hall–Kier alpha value is -3.26. The Balaban J connectivity index is 1.47. The van der Waals surface area contributed by atoms with Gasteiger partial charge in [0.15, 0.2) is 11.5 Å². The summed E-state index contributed by atoms with van der Waals surface area (Å²) in [5.41, 5.74) is 0.0519. The molecule has 2 heterocycles. The normalized spacial score (nSPS) is 21.0. The Morgan fingerprint density at radius 3 is 2.69 bits per heavy atom. The third kappa shape index (κ3) is 4.23. The third-order valence-corrected chi connectivity index (χ3v) is 5.86. The second-order valence-corrected chi connectivity index (χ2v) is 8.44. The van der Waals surface area contributed by atoms with Crippen LogP contribution in [0.25, 0.3) is 0 Å². The first kappa shape index (κ1) is 22.0. The Bertz CT molecular complexity index is 1080. The van der Waals surface area contributed by atoms with Crippen molar-refractivity contribution in [3.8, 4) is 11.5 Å². The van der Waals surface area contributed by atoms with Gasteiger partial charge in [-0.2, -0.15) is 0 Å². The Morgan fingerprint density at radius 2 is 1.94 bits per heavy atom. The lowest BCUT2D eigenvalue weighted by molar-refractivity contribution is -0.135. The zero-order valence-electron chi connectivity index (χ0n) is 17.8. The molecule has 1 saturated heterocycles. The van der Waals surface area contributed by atoms with Crippen molar-refractivity contribution in [3.05, 3.63) is 58.6 Å². The van der Waals surface area contributed by atoms with E-state index in [1.807, 2.05) is 6.07 Å². The van der Waals surface area contributed by atoms with Crippen LogP contribution in [0.1, 0.15) is 37.4 Å². The van der Waals surface area contributed by atoms with Gasteiger partial charge in [0.1, 0.15) is 12.1 Å². The largest absolute Gasteiger partial charge is 0.490 e. The van der Waals surface area contributed by atoms with Gasteiger partial charge in [0.25, 0.3) is 5.91 Å². The van der Waals surface area contributed by atoms with Gasteiger partial charge in [0, 0.05) is 11.4 Å². The minimum atomic E-state index is -1.32. The standard InChI is InChI=1S/C23H24ClN3O5/c1-14(15-5-3-6-17(24)11-15)25-20(28)13-27-21(29)23(2,26-22(27)30)16-7-8-18-19(12-16)32-10-4-9-31-18/h3,5-8,11-12,14H,4,9-10,13H2,1-2H3,(H,25,28)(H,26,30)/t14-,23+/m1/s1. The predicted octanol–water partition coefficient (Wildman–Crippen LogP) is 3.15. The lowest BCUT2D eigenvalue weighted by Gasteiger charge is -2.23. The van der Waals surface area contributed by atoms with Gasteiger partial charge in [-0.05, 0) is 49.2 Å². The molecule has 0 bridgehead atoms. The van der Waals surface area contributed by atoms with E-state index in [9.17, 15) is 14.4 Å². The Labute approximate surface area is 190 Å². The van der Waals surface area contributed by atoms with Gasteiger partial charge in [-0.25, -0.2) is 4.79 Å². The van der Waals surface area contributed by atoms with Crippen molar-refractivity contribution in [2.75, 3.05) is 19.8 Å². The van der Waals surface area contributed by atoms with E-state index in [4.69, 9.17) is 21.1 Å². The van der Waals surface area contributed by atoms with E-state index >= 15 is 0 Å². The van der Waals surface area contributed by atoms with E-state index in [1.54, 1.807) is 50.2 Å². The van der Waals surface area contributed by atoms with Crippen LogP contribution in [-0.4, -0.2) is 42.5 Å². The molecular weight excluding hydrogens is 434 g/mol. The first-order valence-corrected chi connectivity index (χ1v) is 10.7. The van der Waals surface area contributed by atoms with Crippen LogP contribution in [0.3, 0.4) is 0 Å². The van der Waals surface area contributed by atoms with Crippen LogP contribution in [-0.2, 0) is 15.1 Å². The fourth-order valence-electron chi connectivity index (χ4n) is 3.80. The summed E-state index contributed by atoms with van der Waals surface area (Å²) in [7, 11) is 0. The summed E-state index contributed by atoms with van der Waals surface area (Å²) in [5, 5.41) is 6.07. The summed E-state index contributed by atoms with van der Waals surface area (Å²) < 4.78 is 11.3. The number of benzene rings is 2. The van der Waals surface area contributed by atoms with Crippen LogP contribution < -0.4 is 20.1 Å². The number of fused-ring (bicyclic) bond motifs is 1. The highest BCUT2D eigenvalue weighted by molar-refractivity contribution is 6.30. The number of hydrogen-bond acceptors (Lipinski definition) is 5. The highest BCUT2D eigenvalue weighted by Crippen LogP contribution is 2.36. The van der Waals surface area contributed by atoms with Crippen molar-refractivity contribution in [3.63, 3.8) is 0 Å². The number of imide groups is 1. The molecule has 9 heteroatoms. The zero-order valence-corrected chi connectivity index (χ0v) is 18.6.